The lowest BCUT2D eigenvalue weighted by Gasteiger charge is -2.18. The van der Waals surface area contributed by atoms with Crippen LogP contribution in [0.1, 0.15) is 26.7 Å². The standard InChI is InChI=1S/C11H15N5/c1-3-7(4-2)11-15-9(10(14)16-11)8(5-12)6-13/h7,11,15H,3-4H2,1-2H3,(H2,14,16)/t11-/m1/s1. The number of hydrogen-bond acceptors (Lipinski definition) is 5. The Morgan fingerprint density at radius 2 is 2.00 bits per heavy atom. The maximum atomic E-state index is 8.76. The average molecular weight is 217 g/mol. The summed E-state index contributed by atoms with van der Waals surface area (Å²) in [7, 11) is 0. The SMILES string of the molecule is CCC(CC)[C@H]1N=C(N)C(=C(C#N)C#N)N1. The van der Waals surface area contributed by atoms with Gasteiger partial charge < -0.3 is 11.1 Å². The molecule has 0 aromatic heterocycles. The van der Waals surface area contributed by atoms with Gasteiger partial charge in [0.05, 0.1) is 0 Å². The number of hydrogen-bond donors (Lipinski definition) is 2. The molecular formula is C11H15N5. The van der Waals surface area contributed by atoms with Crippen LogP contribution >= 0.6 is 0 Å². The second-order valence-corrected chi connectivity index (χ2v) is 3.65. The average Bonchev–Trinajstić information content (AvgIpc) is 2.65. The van der Waals surface area contributed by atoms with Gasteiger partial charge in [-0.2, -0.15) is 10.5 Å². The number of aliphatic imine (C=N–C) groups is 1. The number of amidine groups is 1. The van der Waals surface area contributed by atoms with E-state index in [1.54, 1.807) is 0 Å². The lowest BCUT2D eigenvalue weighted by Crippen LogP contribution is -2.30. The first kappa shape index (κ1) is 12.1. The Labute approximate surface area is 95.3 Å². The number of rotatable bonds is 3. The van der Waals surface area contributed by atoms with Crippen LogP contribution in [-0.4, -0.2) is 12.0 Å². The highest BCUT2D eigenvalue weighted by molar-refractivity contribution is 6.00. The molecule has 0 spiro atoms. The van der Waals surface area contributed by atoms with Crippen molar-refractivity contribution in [1.29, 1.82) is 10.5 Å². The van der Waals surface area contributed by atoms with Crippen LogP contribution in [0.3, 0.4) is 0 Å². The molecule has 0 unspecified atom stereocenters. The van der Waals surface area contributed by atoms with Crippen LogP contribution in [-0.2, 0) is 0 Å². The Morgan fingerprint density at radius 3 is 2.44 bits per heavy atom. The van der Waals surface area contributed by atoms with Gasteiger partial charge in [0.25, 0.3) is 0 Å². The highest BCUT2D eigenvalue weighted by Gasteiger charge is 2.27. The summed E-state index contributed by atoms with van der Waals surface area (Å²) >= 11 is 0. The minimum absolute atomic E-state index is 0.00490. The first-order valence-electron chi connectivity index (χ1n) is 5.32. The molecule has 1 heterocycles. The molecule has 0 bridgehead atoms. The van der Waals surface area contributed by atoms with Crippen LogP contribution in [0.5, 0.6) is 0 Å². The van der Waals surface area contributed by atoms with Gasteiger partial charge in [-0.05, 0) is 18.8 Å². The maximum Gasteiger partial charge on any atom is 0.156 e. The fourth-order valence-corrected chi connectivity index (χ4v) is 1.76. The van der Waals surface area contributed by atoms with Gasteiger partial charge in [-0.1, -0.05) is 13.8 Å². The first-order chi connectivity index (χ1) is 7.67. The van der Waals surface area contributed by atoms with Gasteiger partial charge in [-0.15, -0.1) is 0 Å². The molecule has 0 aromatic rings. The van der Waals surface area contributed by atoms with E-state index in [-0.39, 0.29) is 17.6 Å². The smallest absolute Gasteiger partial charge is 0.156 e. The van der Waals surface area contributed by atoms with E-state index >= 15 is 0 Å². The Bertz CT molecular complexity index is 387. The number of nitrogens with two attached hydrogens (primary N) is 1. The fourth-order valence-electron chi connectivity index (χ4n) is 1.76. The van der Waals surface area contributed by atoms with Gasteiger partial charge in [-0.25, -0.2) is 4.99 Å². The van der Waals surface area contributed by atoms with E-state index in [9.17, 15) is 0 Å². The van der Waals surface area contributed by atoms with E-state index < -0.39 is 0 Å². The number of allylic oxidation sites excluding steroid dienone is 1. The van der Waals surface area contributed by atoms with Crippen molar-refractivity contribution in [3.8, 4) is 12.1 Å². The van der Waals surface area contributed by atoms with Gasteiger partial charge >= 0.3 is 0 Å². The summed E-state index contributed by atoms with van der Waals surface area (Å²) in [5, 5.41) is 20.6. The molecule has 0 saturated heterocycles. The third-order valence-electron chi connectivity index (χ3n) is 2.80. The summed E-state index contributed by atoms with van der Waals surface area (Å²) in [6, 6.07) is 3.63. The second-order valence-electron chi connectivity index (χ2n) is 3.65. The molecule has 0 radical (unpaired) electrons. The van der Waals surface area contributed by atoms with Gasteiger partial charge in [0.2, 0.25) is 0 Å². The van der Waals surface area contributed by atoms with Gasteiger partial charge in [0.15, 0.2) is 5.57 Å². The monoisotopic (exact) mass is 217 g/mol. The van der Waals surface area contributed by atoms with E-state index in [0.717, 1.165) is 12.8 Å². The summed E-state index contributed by atoms with van der Waals surface area (Å²) in [5.41, 5.74) is 6.07. The minimum Gasteiger partial charge on any atom is -0.382 e. The van der Waals surface area contributed by atoms with Crippen LogP contribution < -0.4 is 11.1 Å². The Balaban J connectivity index is 2.96. The number of nitrogens with zero attached hydrogens (tertiary/aromatic N) is 3. The molecule has 0 aromatic carbocycles. The Morgan fingerprint density at radius 1 is 1.44 bits per heavy atom. The molecule has 5 nitrogen and oxygen atoms in total. The fraction of sp³-hybridized carbons (Fsp3) is 0.545. The zero-order valence-corrected chi connectivity index (χ0v) is 9.49. The predicted octanol–water partition coefficient (Wildman–Crippen LogP) is 1.01. The number of nitrogens with one attached hydrogen (secondary N) is 1. The molecule has 0 saturated carbocycles. The first-order valence-corrected chi connectivity index (χ1v) is 5.32. The molecule has 1 rings (SSSR count). The summed E-state index contributed by atoms with van der Waals surface area (Å²) in [6.07, 6.45) is 1.85. The van der Waals surface area contributed by atoms with Gasteiger partial charge in [0, 0.05) is 0 Å². The molecule has 5 heteroatoms. The third-order valence-corrected chi connectivity index (χ3v) is 2.80. The molecule has 1 aliphatic rings. The normalized spacial score (nSPS) is 18.7. The molecular weight excluding hydrogens is 202 g/mol. The maximum absolute atomic E-state index is 8.76. The molecule has 0 aliphatic carbocycles. The van der Waals surface area contributed by atoms with Crippen molar-refractivity contribution < 1.29 is 0 Å². The molecule has 3 N–H and O–H groups in total. The lowest BCUT2D eigenvalue weighted by molar-refractivity contribution is 0.377. The van der Waals surface area contributed by atoms with Crippen LogP contribution in [0, 0.1) is 28.6 Å². The third kappa shape index (κ3) is 2.14. The Hall–Kier alpha value is -2.01. The molecule has 16 heavy (non-hydrogen) atoms. The quantitative estimate of drug-likeness (QED) is 0.689. The topological polar surface area (TPSA) is 98.0 Å². The van der Waals surface area contributed by atoms with E-state index in [4.69, 9.17) is 16.3 Å². The summed E-state index contributed by atoms with van der Waals surface area (Å²) < 4.78 is 0. The zero-order valence-electron chi connectivity index (χ0n) is 9.49. The summed E-state index contributed by atoms with van der Waals surface area (Å²) in [5.74, 6) is 0.629. The summed E-state index contributed by atoms with van der Waals surface area (Å²) in [4.78, 5) is 4.25. The van der Waals surface area contributed by atoms with Crippen molar-refractivity contribution in [2.24, 2.45) is 16.6 Å². The summed E-state index contributed by atoms with van der Waals surface area (Å²) in [6.45, 7) is 4.16. The molecule has 0 fully saturated rings. The van der Waals surface area contributed by atoms with E-state index in [1.807, 2.05) is 12.1 Å². The number of nitriles is 2. The largest absolute Gasteiger partial charge is 0.382 e. The van der Waals surface area contributed by atoms with Crippen molar-refractivity contribution in [3.63, 3.8) is 0 Å². The van der Waals surface area contributed by atoms with E-state index in [1.165, 1.54) is 0 Å². The molecule has 1 atom stereocenters. The molecule has 1 aliphatic heterocycles. The van der Waals surface area contributed by atoms with E-state index in [2.05, 4.69) is 24.2 Å². The van der Waals surface area contributed by atoms with Crippen molar-refractivity contribution in [2.75, 3.05) is 0 Å². The van der Waals surface area contributed by atoms with Gasteiger partial charge in [-0.3, -0.25) is 0 Å². The highest BCUT2D eigenvalue weighted by atomic mass is 15.2. The zero-order chi connectivity index (χ0) is 12.1. The van der Waals surface area contributed by atoms with Crippen LogP contribution in [0.15, 0.2) is 16.3 Å². The van der Waals surface area contributed by atoms with E-state index in [0.29, 0.717) is 11.6 Å². The van der Waals surface area contributed by atoms with Crippen LogP contribution in [0.4, 0.5) is 0 Å². The van der Waals surface area contributed by atoms with Crippen molar-refractivity contribution in [3.05, 3.63) is 11.3 Å². The van der Waals surface area contributed by atoms with Crippen molar-refractivity contribution >= 4 is 5.84 Å². The van der Waals surface area contributed by atoms with Crippen LogP contribution in [0.25, 0.3) is 0 Å². The highest BCUT2D eigenvalue weighted by Crippen LogP contribution is 2.20. The lowest BCUT2D eigenvalue weighted by atomic mass is 10.0. The second kappa shape index (κ2) is 5.18. The van der Waals surface area contributed by atoms with Crippen molar-refractivity contribution in [1.82, 2.24) is 5.32 Å². The van der Waals surface area contributed by atoms with Crippen LogP contribution in [0.2, 0.25) is 0 Å². The van der Waals surface area contributed by atoms with Crippen molar-refractivity contribution in [2.45, 2.75) is 32.9 Å². The molecule has 0 amide bonds. The minimum atomic E-state index is -0.110. The molecule has 84 valence electrons. The Kier molecular flexibility index (Phi) is 3.90. The van der Waals surface area contributed by atoms with Gasteiger partial charge in [0.1, 0.15) is 29.8 Å². The predicted molar refractivity (Wildman–Crippen MR) is 60.9 cm³/mol.